The molecule has 1 fully saturated rings. The maximum Gasteiger partial charge on any atom is 0.259 e. The second-order valence-electron chi connectivity index (χ2n) is 5.59. The van der Waals surface area contributed by atoms with Crippen molar-refractivity contribution in [2.45, 2.75) is 0 Å². The van der Waals surface area contributed by atoms with Crippen LogP contribution in [0.4, 0.5) is 11.4 Å². The minimum atomic E-state index is -0.326. The Labute approximate surface area is 150 Å². The Morgan fingerprint density at radius 1 is 1.28 bits per heavy atom. The van der Waals surface area contributed by atoms with E-state index in [-0.39, 0.29) is 18.4 Å². The molecule has 2 N–H and O–H groups in total. The van der Waals surface area contributed by atoms with Crippen LogP contribution >= 0.6 is 11.6 Å². The molecule has 0 aromatic heterocycles. The second-order valence-corrected chi connectivity index (χ2v) is 6.02. The molecular weight excluding hydrogens is 342 g/mol. The normalized spacial score (nSPS) is 14.0. The summed E-state index contributed by atoms with van der Waals surface area (Å²) >= 11 is 6.00. The van der Waals surface area contributed by atoms with Crippen LogP contribution in [0, 0.1) is 0 Å². The fraction of sp³-hybridized carbons (Fsp3) is 0.222. The van der Waals surface area contributed by atoms with Gasteiger partial charge in [0.2, 0.25) is 5.91 Å². The summed E-state index contributed by atoms with van der Waals surface area (Å²) < 4.78 is 5.24. The highest BCUT2D eigenvalue weighted by Gasteiger charge is 2.20. The molecule has 25 heavy (non-hydrogen) atoms. The third-order valence-corrected chi connectivity index (χ3v) is 4.17. The van der Waals surface area contributed by atoms with Crippen molar-refractivity contribution >= 4 is 34.8 Å². The van der Waals surface area contributed by atoms with Gasteiger partial charge in [0.15, 0.2) is 0 Å². The fourth-order valence-corrected chi connectivity index (χ4v) is 2.92. The van der Waals surface area contributed by atoms with E-state index in [9.17, 15) is 9.59 Å². The molecular formula is C18H18ClN3O3. The third kappa shape index (κ3) is 3.85. The van der Waals surface area contributed by atoms with E-state index >= 15 is 0 Å². The molecule has 1 aliphatic heterocycles. The number of para-hydroxylation sites is 2. The van der Waals surface area contributed by atoms with Gasteiger partial charge in [0.05, 0.1) is 30.6 Å². The third-order valence-electron chi connectivity index (χ3n) is 3.94. The van der Waals surface area contributed by atoms with E-state index in [2.05, 4.69) is 10.6 Å². The van der Waals surface area contributed by atoms with Gasteiger partial charge in [-0.05, 0) is 30.3 Å². The molecule has 0 atom stereocenters. The highest BCUT2D eigenvalue weighted by atomic mass is 35.5. The van der Waals surface area contributed by atoms with Crippen molar-refractivity contribution in [3.63, 3.8) is 0 Å². The molecule has 0 radical (unpaired) electrons. The average Bonchev–Trinajstić information content (AvgIpc) is 2.62. The standard InChI is InChI=1S/C18H18ClN3O3/c1-25-16-7-6-12(19)10-13(16)18(24)21-14-4-2-3-5-15(14)22-9-8-20-17(23)11-22/h2-7,10H,8-9,11H2,1H3,(H,20,23)(H,21,24). The summed E-state index contributed by atoms with van der Waals surface area (Å²) in [6, 6.07) is 12.3. The number of piperazine rings is 1. The lowest BCUT2D eigenvalue weighted by Gasteiger charge is -2.30. The van der Waals surface area contributed by atoms with E-state index in [1.165, 1.54) is 7.11 Å². The summed E-state index contributed by atoms with van der Waals surface area (Å²) in [6.45, 7) is 1.51. The van der Waals surface area contributed by atoms with Gasteiger partial charge in [0, 0.05) is 18.1 Å². The Bertz CT molecular complexity index is 810. The maximum atomic E-state index is 12.7. The van der Waals surface area contributed by atoms with E-state index in [1.807, 2.05) is 23.1 Å². The number of carbonyl (C=O) groups excluding carboxylic acids is 2. The summed E-state index contributed by atoms with van der Waals surface area (Å²) in [5.41, 5.74) is 1.78. The summed E-state index contributed by atoms with van der Waals surface area (Å²) in [7, 11) is 1.50. The highest BCUT2D eigenvalue weighted by molar-refractivity contribution is 6.31. The molecule has 0 unspecified atom stereocenters. The summed E-state index contributed by atoms with van der Waals surface area (Å²) in [5, 5.41) is 6.13. The monoisotopic (exact) mass is 359 g/mol. The number of benzene rings is 2. The molecule has 0 aliphatic carbocycles. The van der Waals surface area contributed by atoms with E-state index in [0.717, 1.165) is 5.69 Å². The number of nitrogens with one attached hydrogen (secondary N) is 2. The number of amides is 2. The lowest BCUT2D eigenvalue weighted by molar-refractivity contribution is -0.120. The molecule has 2 amide bonds. The topological polar surface area (TPSA) is 70.7 Å². The maximum absolute atomic E-state index is 12.7. The van der Waals surface area contributed by atoms with Gasteiger partial charge in [-0.1, -0.05) is 23.7 Å². The highest BCUT2D eigenvalue weighted by Crippen LogP contribution is 2.28. The number of anilines is 2. The number of nitrogens with zero attached hydrogens (tertiary/aromatic N) is 1. The van der Waals surface area contributed by atoms with Crippen LogP contribution in [0.2, 0.25) is 5.02 Å². The molecule has 0 spiro atoms. The number of hydrogen-bond donors (Lipinski definition) is 2. The molecule has 1 heterocycles. The minimum Gasteiger partial charge on any atom is -0.496 e. The van der Waals surface area contributed by atoms with E-state index < -0.39 is 0 Å². The molecule has 2 aromatic carbocycles. The lowest BCUT2D eigenvalue weighted by Crippen LogP contribution is -2.47. The van der Waals surface area contributed by atoms with Crippen LogP contribution in [-0.4, -0.2) is 38.6 Å². The molecule has 7 heteroatoms. The predicted molar refractivity (Wildman–Crippen MR) is 97.6 cm³/mol. The van der Waals surface area contributed by atoms with Gasteiger partial charge in [0.1, 0.15) is 5.75 Å². The van der Waals surface area contributed by atoms with Gasteiger partial charge in [-0.15, -0.1) is 0 Å². The number of methoxy groups -OCH3 is 1. The van der Waals surface area contributed by atoms with Gasteiger partial charge in [-0.25, -0.2) is 0 Å². The van der Waals surface area contributed by atoms with E-state index in [4.69, 9.17) is 16.3 Å². The molecule has 1 aliphatic rings. The molecule has 0 bridgehead atoms. The Hall–Kier alpha value is -2.73. The Balaban J connectivity index is 1.87. The first kappa shape index (κ1) is 17.1. The van der Waals surface area contributed by atoms with Gasteiger partial charge >= 0.3 is 0 Å². The van der Waals surface area contributed by atoms with Crippen LogP contribution in [0.25, 0.3) is 0 Å². The van der Waals surface area contributed by atoms with Crippen LogP contribution in [0.1, 0.15) is 10.4 Å². The van der Waals surface area contributed by atoms with E-state index in [0.29, 0.717) is 35.1 Å². The number of carbonyl (C=O) groups is 2. The van der Waals surface area contributed by atoms with Gasteiger partial charge in [-0.3, -0.25) is 9.59 Å². The number of ether oxygens (including phenoxy) is 1. The average molecular weight is 360 g/mol. The largest absolute Gasteiger partial charge is 0.496 e. The molecule has 1 saturated heterocycles. The summed E-state index contributed by atoms with van der Waals surface area (Å²) in [6.07, 6.45) is 0. The van der Waals surface area contributed by atoms with Crippen molar-refractivity contribution in [2.75, 3.05) is 37.0 Å². The molecule has 2 aromatic rings. The lowest BCUT2D eigenvalue weighted by atomic mass is 10.1. The Kier molecular flexibility index (Phi) is 5.09. The van der Waals surface area contributed by atoms with E-state index in [1.54, 1.807) is 24.3 Å². The first-order valence-corrected chi connectivity index (χ1v) is 8.22. The predicted octanol–water partition coefficient (Wildman–Crippen LogP) is 2.54. The second kappa shape index (κ2) is 7.44. The zero-order chi connectivity index (χ0) is 17.8. The van der Waals surface area contributed by atoms with Crippen LogP contribution in [0.3, 0.4) is 0 Å². The smallest absolute Gasteiger partial charge is 0.259 e. The van der Waals surface area contributed by atoms with Crippen LogP contribution in [0.5, 0.6) is 5.75 Å². The SMILES string of the molecule is COc1ccc(Cl)cc1C(=O)Nc1ccccc1N1CCNC(=O)C1. The first-order valence-electron chi connectivity index (χ1n) is 7.84. The van der Waals surface area contributed by atoms with Crippen molar-refractivity contribution in [1.82, 2.24) is 5.32 Å². The fourth-order valence-electron chi connectivity index (χ4n) is 2.75. The molecule has 130 valence electrons. The van der Waals surface area contributed by atoms with Crippen LogP contribution in [0.15, 0.2) is 42.5 Å². The van der Waals surface area contributed by atoms with Gasteiger partial charge in [0.25, 0.3) is 5.91 Å². The zero-order valence-corrected chi connectivity index (χ0v) is 14.5. The molecule has 0 saturated carbocycles. The number of halogens is 1. The zero-order valence-electron chi connectivity index (χ0n) is 13.7. The Morgan fingerprint density at radius 3 is 2.84 bits per heavy atom. The Morgan fingerprint density at radius 2 is 2.08 bits per heavy atom. The summed E-state index contributed by atoms with van der Waals surface area (Å²) in [5.74, 6) is 0.0777. The van der Waals surface area contributed by atoms with Crippen molar-refractivity contribution in [2.24, 2.45) is 0 Å². The number of hydrogen-bond acceptors (Lipinski definition) is 4. The van der Waals surface area contributed by atoms with Gasteiger partial charge < -0.3 is 20.3 Å². The first-order chi connectivity index (χ1) is 12.1. The summed E-state index contributed by atoms with van der Waals surface area (Å²) in [4.78, 5) is 26.3. The van der Waals surface area contributed by atoms with Crippen molar-refractivity contribution < 1.29 is 14.3 Å². The van der Waals surface area contributed by atoms with Crippen LogP contribution in [-0.2, 0) is 4.79 Å². The minimum absolute atomic E-state index is 0.0381. The number of rotatable bonds is 4. The van der Waals surface area contributed by atoms with Gasteiger partial charge in [-0.2, -0.15) is 0 Å². The molecule has 3 rings (SSSR count). The van der Waals surface area contributed by atoms with Crippen molar-refractivity contribution in [3.05, 3.63) is 53.1 Å². The quantitative estimate of drug-likeness (QED) is 0.880. The van der Waals surface area contributed by atoms with Crippen LogP contribution < -0.4 is 20.3 Å². The molecule has 6 nitrogen and oxygen atoms in total. The van der Waals surface area contributed by atoms with Crippen molar-refractivity contribution in [3.8, 4) is 5.75 Å². The van der Waals surface area contributed by atoms with Crippen molar-refractivity contribution in [1.29, 1.82) is 0 Å².